The van der Waals surface area contributed by atoms with Gasteiger partial charge in [0.15, 0.2) is 0 Å². The molecule has 0 spiro atoms. The Morgan fingerprint density at radius 1 is 1.32 bits per heavy atom. The normalized spacial score (nSPS) is 13.9. The number of likely N-dealkylation sites (N-methyl/N-ethyl adjacent to an activating group) is 1. The van der Waals surface area contributed by atoms with Crippen molar-refractivity contribution in [3.63, 3.8) is 0 Å². The van der Waals surface area contributed by atoms with Gasteiger partial charge in [-0.1, -0.05) is 37.3 Å². The van der Waals surface area contributed by atoms with E-state index in [1.807, 2.05) is 30.3 Å². The molecule has 0 bridgehead atoms. The number of hydrogen-bond donors (Lipinski definition) is 2. The fourth-order valence-corrected chi connectivity index (χ4v) is 1.93. The molecule has 2 unspecified atom stereocenters. The first-order chi connectivity index (χ1) is 9.06. The second kappa shape index (κ2) is 7.92. The van der Waals surface area contributed by atoms with Crippen molar-refractivity contribution in [3.8, 4) is 0 Å². The van der Waals surface area contributed by atoms with Crippen LogP contribution in [0.3, 0.4) is 0 Å². The third-order valence-corrected chi connectivity index (χ3v) is 3.03. The van der Waals surface area contributed by atoms with Gasteiger partial charge in [-0.05, 0) is 24.9 Å². The molecule has 0 saturated heterocycles. The van der Waals surface area contributed by atoms with Crippen molar-refractivity contribution in [2.45, 2.75) is 31.9 Å². The first-order valence-electron chi connectivity index (χ1n) is 6.72. The molecule has 0 heterocycles. The highest BCUT2D eigenvalue weighted by molar-refractivity contribution is 5.81. The summed E-state index contributed by atoms with van der Waals surface area (Å²) in [5.41, 5.74) is 1.11. The summed E-state index contributed by atoms with van der Waals surface area (Å²) in [6.45, 7) is 2.85. The first kappa shape index (κ1) is 15.7. The Balaban J connectivity index is 2.73. The summed E-state index contributed by atoms with van der Waals surface area (Å²) < 4.78 is 0. The van der Waals surface area contributed by atoms with E-state index < -0.39 is 6.10 Å². The van der Waals surface area contributed by atoms with E-state index in [2.05, 4.69) is 12.2 Å². The van der Waals surface area contributed by atoms with Crippen molar-refractivity contribution < 1.29 is 9.90 Å². The Labute approximate surface area is 115 Å². The third-order valence-electron chi connectivity index (χ3n) is 3.03. The van der Waals surface area contributed by atoms with Crippen molar-refractivity contribution in [1.82, 2.24) is 10.2 Å². The lowest BCUT2D eigenvalue weighted by atomic mass is 10.0. The van der Waals surface area contributed by atoms with Gasteiger partial charge in [0.2, 0.25) is 0 Å². The molecule has 19 heavy (non-hydrogen) atoms. The maximum Gasteiger partial charge on any atom is 0.252 e. The zero-order valence-corrected chi connectivity index (χ0v) is 12.0. The van der Waals surface area contributed by atoms with E-state index in [0.717, 1.165) is 18.5 Å². The number of nitrogens with zero attached hydrogens (tertiary/aromatic N) is 1. The lowest BCUT2D eigenvalue weighted by Gasteiger charge is -2.25. The minimum absolute atomic E-state index is 0.253. The summed E-state index contributed by atoms with van der Waals surface area (Å²) in [6.07, 6.45) is 0.595. The summed E-state index contributed by atoms with van der Waals surface area (Å²) in [7, 11) is 3.32. The van der Waals surface area contributed by atoms with Crippen LogP contribution in [0.2, 0.25) is 0 Å². The van der Waals surface area contributed by atoms with Crippen LogP contribution in [0.25, 0.3) is 0 Å². The number of hydrogen-bond acceptors (Lipinski definition) is 3. The molecule has 4 nitrogen and oxygen atoms in total. The molecule has 2 N–H and O–H groups in total. The molecule has 0 aliphatic rings. The Kier molecular flexibility index (Phi) is 6.53. The summed E-state index contributed by atoms with van der Waals surface area (Å²) in [6, 6.07) is 9.65. The highest BCUT2D eigenvalue weighted by Gasteiger charge is 2.26. The smallest absolute Gasteiger partial charge is 0.252 e. The average molecular weight is 264 g/mol. The number of nitrogens with one attached hydrogen (secondary N) is 1. The molecular weight excluding hydrogens is 240 g/mol. The van der Waals surface area contributed by atoms with Crippen molar-refractivity contribution in [1.29, 1.82) is 0 Å². The second-order valence-electron chi connectivity index (χ2n) is 4.93. The number of amides is 1. The molecule has 0 saturated carbocycles. The Morgan fingerprint density at radius 3 is 2.47 bits per heavy atom. The topological polar surface area (TPSA) is 52.6 Å². The molecule has 4 heteroatoms. The van der Waals surface area contributed by atoms with E-state index in [1.54, 1.807) is 14.1 Å². The summed E-state index contributed by atoms with van der Waals surface area (Å²) >= 11 is 0. The fraction of sp³-hybridized carbons (Fsp3) is 0.533. The second-order valence-corrected chi connectivity index (χ2v) is 4.93. The van der Waals surface area contributed by atoms with Crippen LogP contribution >= 0.6 is 0 Å². The van der Waals surface area contributed by atoms with Crippen LogP contribution in [0.1, 0.15) is 18.9 Å². The molecule has 106 valence electrons. The van der Waals surface area contributed by atoms with Gasteiger partial charge in [0.25, 0.3) is 5.91 Å². The fourth-order valence-electron chi connectivity index (χ4n) is 1.93. The largest absolute Gasteiger partial charge is 0.382 e. The minimum atomic E-state index is -1.01. The molecule has 2 atom stereocenters. The van der Waals surface area contributed by atoms with Crippen LogP contribution in [-0.4, -0.2) is 48.7 Å². The van der Waals surface area contributed by atoms with E-state index in [0.29, 0.717) is 6.42 Å². The maximum atomic E-state index is 11.9. The number of aliphatic hydroxyl groups is 1. The van der Waals surface area contributed by atoms with Crippen LogP contribution in [0, 0.1) is 0 Å². The van der Waals surface area contributed by atoms with Crippen molar-refractivity contribution in [2.75, 3.05) is 20.6 Å². The van der Waals surface area contributed by atoms with Gasteiger partial charge in [-0.15, -0.1) is 0 Å². The van der Waals surface area contributed by atoms with Gasteiger partial charge in [-0.3, -0.25) is 4.79 Å². The van der Waals surface area contributed by atoms with E-state index in [-0.39, 0.29) is 11.9 Å². The molecule has 0 aromatic heterocycles. The van der Waals surface area contributed by atoms with Crippen molar-refractivity contribution in [2.24, 2.45) is 0 Å². The number of carbonyl (C=O) groups excluding carboxylic acids is 1. The standard InChI is InChI=1S/C15H24N2O2/c1-4-10-16-13(14(18)15(19)17(2)3)11-12-8-6-5-7-9-12/h5-9,13-14,16,18H,4,10-11H2,1-3H3. The van der Waals surface area contributed by atoms with Gasteiger partial charge in [-0.2, -0.15) is 0 Å². The molecule has 0 radical (unpaired) electrons. The lowest BCUT2D eigenvalue weighted by molar-refractivity contribution is -0.139. The van der Waals surface area contributed by atoms with Crippen LogP contribution in [0.4, 0.5) is 0 Å². The zero-order valence-electron chi connectivity index (χ0n) is 12.0. The van der Waals surface area contributed by atoms with Crippen LogP contribution < -0.4 is 5.32 Å². The quantitative estimate of drug-likeness (QED) is 0.774. The van der Waals surface area contributed by atoms with Crippen LogP contribution in [0.5, 0.6) is 0 Å². The number of benzene rings is 1. The highest BCUT2D eigenvalue weighted by Crippen LogP contribution is 2.08. The maximum absolute atomic E-state index is 11.9. The number of carbonyl (C=O) groups is 1. The third kappa shape index (κ3) is 5.01. The van der Waals surface area contributed by atoms with E-state index in [4.69, 9.17) is 0 Å². The monoisotopic (exact) mass is 264 g/mol. The Hall–Kier alpha value is -1.39. The Morgan fingerprint density at radius 2 is 1.95 bits per heavy atom. The molecular formula is C15H24N2O2. The van der Waals surface area contributed by atoms with Crippen LogP contribution in [-0.2, 0) is 11.2 Å². The van der Waals surface area contributed by atoms with Crippen molar-refractivity contribution in [3.05, 3.63) is 35.9 Å². The molecule has 1 aromatic rings. The summed E-state index contributed by atoms with van der Waals surface area (Å²) in [5, 5.41) is 13.4. The lowest BCUT2D eigenvalue weighted by Crippen LogP contribution is -2.49. The predicted octanol–water partition coefficient (Wildman–Crippen LogP) is 1.05. The van der Waals surface area contributed by atoms with Gasteiger partial charge >= 0.3 is 0 Å². The molecule has 1 amide bonds. The van der Waals surface area contributed by atoms with Gasteiger partial charge in [0, 0.05) is 20.1 Å². The molecule has 0 aliphatic carbocycles. The zero-order chi connectivity index (χ0) is 14.3. The Bertz CT molecular complexity index is 379. The predicted molar refractivity (Wildman–Crippen MR) is 76.9 cm³/mol. The minimum Gasteiger partial charge on any atom is -0.382 e. The van der Waals surface area contributed by atoms with Gasteiger partial charge in [0.05, 0.1) is 0 Å². The van der Waals surface area contributed by atoms with E-state index in [1.165, 1.54) is 4.90 Å². The average Bonchev–Trinajstić information content (AvgIpc) is 2.42. The number of aliphatic hydroxyl groups excluding tert-OH is 1. The van der Waals surface area contributed by atoms with E-state index in [9.17, 15) is 9.90 Å². The van der Waals surface area contributed by atoms with Crippen LogP contribution in [0.15, 0.2) is 30.3 Å². The van der Waals surface area contributed by atoms with Gasteiger partial charge < -0.3 is 15.3 Å². The SMILES string of the molecule is CCCNC(Cc1ccccc1)C(O)C(=O)N(C)C. The van der Waals surface area contributed by atoms with Gasteiger partial charge in [-0.25, -0.2) is 0 Å². The van der Waals surface area contributed by atoms with Gasteiger partial charge in [0.1, 0.15) is 6.10 Å². The summed E-state index contributed by atoms with van der Waals surface area (Å²) in [4.78, 5) is 13.3. The van der Waals surface area contributed by atoms with E-state index >= 15 is 0 Å². The molecule has 0 fully saturated rings. The van der Waals surface area contributed by atoms with Crippen molar-refractivity contribution >= 4 is 5.91 Å². The number of rotatable bonds is 7. The first-order valence-corrected chi connectivity index (χ1v) is 6.72. The summed E-state index contributed by atoms with van der Waals surface area (Å²) in [5.74, 6) is -0.260. The molecule has 0 aliphatic heterocycles. The molecule has 1 aromatic carbocycles. The molecule has 1 rings (SSSR count). The highest BCUT2D eigenvalue weighted by atomic mass is 16.3.